The van der Waals surface area contributed by atoms with Gasteiger partial charge in [0.05, 0.1) is 18.1 Å². The number of sulfonamides is 1. The summed E-state index contributed by atoms with van der Waals surface area (Å²) in [4.78, 5) is 32.6. The minimum Gasteiger partial charge on any atom is -0.471 e. The topological polar surface area (TPSA) is 168 Å². The van der Waals surface area contributed by atoms with E-state index in [1.807, 2.05) is 12.1 Å². The average molecular weight is 514 g/mol. The molecule has 3 aromatic rings. The van der Waals surface area contributed by atoms with E-state index in [0.717, 1.165) is 20.8 Å². The van der Waals surface area contributed by atoms with Crippen LogP contribution in [0.2, 0.25) is 0 Å². The van der Waals surface area contributed by atoms with Crippen LogP contribution in [0.1, 0.15) is 45.7 Å². The summed E-state index contributed by atoms with van der Waals surface area (Å²) in [6, 6.07) is 7.06. The second-order valence-electron chi connectivity index (χ2n) is 9.01. The molecule has 3 N–H and O–H groups in total. The molecule has 2 unspecified atom stereocenters. The molecule has 36 heavy (non-hydrogen) atoms. The van der Waals surface area contributed by atoms with Crippen molar-refractivity contribution in [2.75, 3.05) is 24.7 Å². The van der Waals surface area contributed by atoms with Crippen LogP contribution in [-0.4, -0.2) is 65.0 Å². The first-order valence-corrected chi connectivity index (χ1v) is 12.9. The van der Waals surface area contributed by atoms with E-state index >= 15 is 0 Å². The second kappa shape index (κ2) is 9.22. The molecule has 1 aliphatic heterocycles. The molecule has 2 atom stereocenters. The van der Waals surface area contributed by atoms with E-state index in [0.29, 0.717) is 17.7 Å². The Labute approximate surface area is 208 Å². The lowest BCUT2D eigenvalue weighted by Gasteiger charge is -2.18. The molecule has 0 saturated carbocycles. The monoisotopic (exact) mass is 513 g/mol. The number of hydrogen-bond acceptors (Lipinski definition) is 9. The first-order chi connectivity index (χ1) is 16.9. The Morgan fingerprint density at radius 2 is 1.94 bits per heavy atom. The van der Waals surface area contributed by atoms with Gasteiger partial charge in [0.2, 0.25) is 21.9 Å². The van der Waals surface area contributed by atoms with E-state index in [1.165, 1.54) is 12.5 Å². The smallest absolute Gasteiger partial charge is 0.284 e. The number of carbonyl (C=O) groups is 2. The molecule has 1 aliphatic rings. The Balaban J connectivity index is 1.73. The minimum absolute atomic E-state index is 0.0132. The van der Waals surface area contributed by atoms with Crippen molar-refractivity contribution in [2.45, 2.75) is 26.3 Å². The highest BCUT2D eigenvalue weighted by atomic mass is 32.2. The lowest BCUT2D eigenvalue weighted by atomic mass is 9.97. The van der Waals surface area contributed by atoms with Crippen molar-refractivity contribution in [3.05, 3.63) is 64.9 Å². The van der Waals surface area contributed by atoms with E-state index in [2.05, 4.69) is 10.1 Å². The van der Waals surface area contributed by atoms with Gasteiger partial charge in [-0.1, -0.05) is 31.2 Å². The van der Waals surface area contributed by atoms with Crippen molar-refractivity contribution in [1.29, 1.82) is 5.41 Å². The molecule has 0 radical (unpaired) electrons. The standard InChI is InChI=1S/C23H27N7O5S/c1-13-9-29(36(4,33)34)22(32)18(13)20-26-23(30(27-20)21(31)17-12-35-11-14(17)2)28(3)10-15-5-7-16(8-6-15)19(24)25/h5-8,11-13,18H,9-10H2,1-4H3,(H3,24,25). The number of amidine groups is 1. The van der Waals surface area contributed by atoms with Gasteiger partial charge >= 0.3 is 0 Å². The maximum absolute atomic E-state index is 13.4. The fourth-order valence-corrected chi connectivity index (χ4v) is 5.13. The number of nitrogens with one attached hydrogen (secondary N) is 1. The van der Waals surface area contributed by atoms with Crippen molar-refractivity contribution in [2.24, 2.45) is 11.7 Å². The summed E-state index contributed by atoms with van der Waals surface area (Å²) in [6.07, 6.45) is 3.74. The van der Waals surface area contributed by atoms with E-state index in [1.54, 1.807) is 37.9 Å². The van der Waals surface area contributed by atoms with Gasteiger partial charge in [-0.05, 0) is 18.4 Å². The predicted molar refractivity (Wildman–Crippen MR) is 131 cm³/mol. The van der Waals surface area contributed by atoms with Crippen LogP contribution >= 0.6 is 0 Å². The Morgan fingerprint density at radius 3 is 2.47 bits per heavy atom. The van der Waals surface area contributed by atoms with Gasteiger partial charge in [0.25, 0.3) is 5.91 Å². The number of amides is 1. The Bertz CT molecular complexity index is 1440. The third-order valence-corrected chi connectivity index (χ3v) is 7.25. The minimum atomic E-state index is -3.75. The number of carbonyl (C=O) groups excluding carboxylic acids is 2. The summed E-state index contributed by atoms with van der Waals surface area (Å²) in [5.74, 6) is -2.20. The number of nitrogens with zero attached hydrogens (tertiary/aromatic N) is 5. The molecule has 1 fully saturated rings. The summed E-state index contributed by atoms with van der Waals surface area (Å²) in [5, 5.41) is 11.9. The number of nitrogens with two attached hydrogens (primary N) is 1. The normalized spacial score (nSPS) is 18.0. The first kappa shape index (κ1) is 25.1. The summed E-state index contributed by atoms with van der Waals surface area (Å²) >= 11 is 0. The molecule has 0 bridgehead atoms. The Hall–Kier alpha value is -4.00. The van der Waals surface area contributed by atoms with E-state index in [4.69, 9.17) is 15.6 Å². The predicted octanol–water partition coefficient (Wildman–Crippen LogP) is 1.31. The van der Waals surface area contributed by atoms with Crippen LogP contribution in [0.5, 0.6) is 0 Å². The lowest BCUT2D eigenvalue weighted by Crippen LogP contribution is -2.32. The molecule has 13 heteroatoms. The summed E-state index contributed by atoms with van der Waals surface area (Å²) in [6.45, 7) is 3.81. The van der Waals surface area contributed by atoms with Crippen molar-refractivity contribution < 1.29 is 22.4 Å². The van der Waals surface area contributed by atoms with Crippen molar-refractivity contribution in [3.8, 4) is 0 Å². The molecule has 1 aromatic carbocycles. The largest absolute Gasteiger partial charge is 0.471 e. The Kier molecular flexibility index (Phi) is 6.43. The third-order valence-electron chi connectivity index (χ3n) is 6.12. The molecular formula is C23H27N7O5S. The van der Waals surface area contributed by atoms with E-state index in [-0.39, 0.29) is 35.6 Å². The van der Waals surface area contributed by atoms with Gasteiger partial charge in [0, 0.05) is 31.3 Å². The summed E-state index contributed by atoms with van der Waals surface area (Å²) in [7, 11) is -2.02. The molecule has 3 heterocycles. The summed E-state index contributed by atoms with van der Waals surface area (Å²) in [5.41, 5.74) is 7.87. The molecule has 2 aromatic heterocycles. The fraction of sp³-hybridized carbons (Fsp3) is 0.348. The zero-order valence-electron chi connectivity index (χ0n) is 20.3. The molecular weight excluding hydrogens is 486 g/mol. The molecule has 190 valence electrons. The highest BCUT2D eigenvalue weighted by molar-refractivity contribution is 7.88. The van der Waals surface area contributed by atoms with Gasteiger partial charge < -0.3 is 15.1 Å². The van der Waals surface area contributed by atoms with Gasteiger partial charge in [-0.3, -0.25) is 15.0 Å². The number of anilines is 1. The van der Waals surface area contributed by atoms with Crippen molar-refractivity contribution >= 4 is 33.6 Å². The molecule has 1 saturated heterocycles. The van der Waals surface area contributed by atoms with Crippen molar-refractivity contribution in [1.82, 2.24) is 19.1 Å². The van der Waals surface area contributed by atoms with Crippen LogP contribution in [-0.2, 0) is 21.4 Å². The van der Waals surface area contributed by atoms with Gasteiger partial charge in [-0.25, -0.2) is 12.7 Å². The number of benzene rings is 1. The van der Waals surface area contributed by atoms with Gasteiger partial charge in [-0.15, -0.1) is 5.10 Å². The number of aryl methyl sites for hydroxylation is 1. The number of hydrogen-bond donors (Lipinski definition) is 2. The van der Waals surface area contributed by atoms with Crippen LogP contribution in [0.25, 0.3) is 0 Å². The average Bonchev–Trinajstić information content (AvgIpc) is 3.50. The fourth-order valence-electron chi connectivity index (χ4n) is 4.18. The van der Waals surface area contributed by atoms with Crippen LogP contribution in [0.4, 0.5) is 5.95 Å². The van der Waals surface area contributed by atoms with Crippen LogP contribution in [0.15, 0.2) is 41.2 Å². The highest BCUT2D eigenvalue weighted by Crippen LogP contribution is 2.34. The second-order valence-corrected chi connectivity index (χ2v) is 10.9. The maximum atomic E-state index is 13.4. The van der Waals surface area contributed by atoms with Gasteiger partial charge in [0.15, 0.2) is 5.82 Å². The van der Waals surface area contributed by atoms with Gasteiger partial charge in [0.1, 0.15) is 18.0 Å². The summed E-state index contributed by atoms with van der Waals surface area (Å²) < 4.78 is 31.3. The van der Waals surface area contributed by atoms with E-state index < -0.39 is 27.8 Å². The molecule has 0 aliphatic carbocycles. The first-order valence-electron chi connectivity index (χ1n) is 11.1. The number of aromatic nitrogens is 3. The molecule has 4 rings (SSSR count). The maximum Gasteiger partial charge on any atom is 0.284 e. The van der Waals surface area contributed by atoms with E-state index in [9.17, 15) is 18.0 Å². The van der Waals surface area contributed by atoms with Gasteiger partial charge in [-0.2, -0.15) is 9.67 Å². The third kappa shape index (κ3) is 4.61. The van der Waals surface area contributed by atoms with Crippen LogP contribution < -0.4 is 10.6 Å². The zero-order chi connectivity index (χ0) is 26.4. The number of nitrogen functional groups attached to an aromatic ring is 1. The Morgan fingerprint density at radius 1 is 1.28 bits per heavy atom. The quantitative estimate of drug-likeness (QED) is 0.349. The zero-order valence-corrected chi connectivity index (χ0v) is 21.1. The SMILES string of the molecule is Cc1cocc1C(=O)n1nc(C2C(=O)N(S(C)(=O)=O)CC2C)nc1N(C)Cc1ccc(C(=N)N)cc1. The van der Waals surface area contributed by atoms with Crippen molar-refractivity contribution in [3.63, 3.8) is 0 Å². The molecule has 1 amide bonds. The molecule has 0 spiro atoms. The van der Waals surface area contributed by atoms with Crippen LogP contribution in [0.3, 0.4) is 0 Å². The highest BCUT2D eigenvalue weighted by Gasteiger charge is 2.45. The molecule has 12 nitrogen and oxygen atoms in total. The number of rotatable bonds is 7. The van der Waals surface area contributed by atoms with Crippen LogP contribution in [0, 0.1) is 18.3 Å². The number of furan rings is 1. The lowest BCUT2D eigenvalue weighted by molar-refractivity contribution is -0.125.